The van der Waals surface area contributed by atoms with Crippen LogP contribution >= 0.6 is 0 Å². The van der Waals surface area contributed by atoms with Gasteiger partial charge in [-0.25, -0.2) is 0 Å². The fourth-order valence-corrected chi connectivity index (χ4v) is 0.742. The van der Waals surface area contributed by atoms with Gasteiger partial charge in [-0.05, 0) is 0 Å². The number of primary amides is 1. The van der Waals surface area contributed by atoms with Crippen LogP contribution in [-0.2, 0) is 14.3 Å². The molecule has 12 heavy (non-hydrogen) atoms. The van der Waals surface area contributed by atoms with Crippen LogP contribution in [-0.4, -0.2) is 37.6 Å². The van der Waals surface area contributed by atoms with E-state index in [9.17, 15) is 4.79 Å². The lowest BCUT2D eigenvalue weighted by molar-refractivity contribution is -0.200. The molecule has 0 aliphatic carbocycles. The van der Waals surface area contributed by atoms with E-state index in [1.54, 1.807) is 0 Å². The normalized spacial score (nSPS) is 11.2. The highest BCUT2D eigenvalue weighted by atomic mass is 16.7. The Balaban J connectivity index is 4.71. The van der Waals surface area contributed by atoms with Crippen LogP contribution in [0.5, 0.6) is 0 Å². The summed E-state index contributed by atoms with van der Waals surface area (Å²) in [4.78, 5) is 10.7. The Hall–Kier alpha value is -0.910. The molecule has 0 unspecified atom stereocenters. The lowest BCUT2D eigenvalue weighted by Crippen LogP contribution is -2.44. The maximum atomic E-state index is 10.7. The number of carbonyl (C=O) groups excluding carboxylic acids is 1. The van der Waals surface area contributed by atoms with E-state index in [4.69, 9.17) is 20.3 Å². The second-order valence-corrected chi connectivity index (χ2v) is 2.16. The highest BCUT2D eigenvalue weighted by Crippen LogP contribution is 2.19. The predicted octanol–water partition coefficient (Wildman–Crippen LogP) is -0.991. The zero-order chi connectivity index (χ0) is 9.78. The summed E-state index contributed by atoms with van der Waals surface area (Å²) in [6.07, 6.45) is 0. The second kappa shape index (κ2) is 4.20. The highest BCUT2D eigenvalue weighted by molar-refractivity contribution is 5.93. The van der Waals surface area contributed by atoms with Crippen LogP contribution in [0.25, 0.3) is 0 Å². The van der Waals surface area contributed by atoms with Crippen molar-refractivity contribution >= 4 is 5.91 Å². The number of hydrogen-bond acceptors (Lipinski definition) is 4. The predicted molar refractivity (Wildman–Crippen MR) is 42.2 cm³/mol. The van der Waals surface area contributed by atoms with Crippen molar-refractivity contribution in [3.63, 3.8) is 0 Å². The molecule has 0 saturated carbocycles. The molecule has 0 aliphatic rings. The molecule has 0 aromatic carbocycles. The Kier molecular flexibility index (Phi) is 3.88. The van der Waals surface area contributed by atoms with Crippen LogP contribution in [0.1, 0.15) is 0 Å². The lowest BCUT2D eigenvalue weighted by Gasteiger charge is -2.28. The standard InChI is InChI=1S/C7H13NO4/c1-5(6(8)10)7(4-9,11-2)12-3/h9H,1,4H2,2-3H3,(H2,8,10). The van der Waals surface area contributed by atoms with Gasteiger partial charge in [-0.15, -0.1) is 0 Å². The van der Waals surface area contributed by atoms with E-state index in [-0.39, 0.29) is 5.57 Å². The van der Waals surface area contributed by atoms with Crippen molar-refractivity contribution in [3.8, 4) is 0 Å². The van der Waals surface area contributed by atoms with Crippen molar-refractivity contribution in [1.82, 2.24) is 0 Å². The first-order valence-electron chi connectivity index (χ1n) is 3.24. The molecule has 0 aliphatic heterocycles. The number of hydrogen-bond donors (Lipinski definition) is 2. The molecule has 0 rings (SSSR count). The molecule has 5 heteroatoms. The number of amides is 1. The minimum absolute atomic E-state index is 0.116. The smallest absolute Gasteiger partial charge is 0.249 e. The van der Waals surface area contributed by atoms with Crippen LogP contribution in [0, 0.1) is 0 Å². The molecule has 70 valence electrons. The fraction of sp³-hybridized carbons (Fsp3) is 0.571. The summed E-state index contributed by atoms with van der Waals surface area (Å²) in [6, 6.07) is 0. The zero-order valence-corrected chi connectivity index (χ0v) is 7.16. The first kappa shape index (κ1) is 11.1. The lowest BCUT2D eigenvalue weighted by atomic mass is 10.1. The Morgan fingerprint density at radius 1 is 1.58 bits per heavy atom. The minimum Gasteiger partial charge on any atom is -0.390 e. The van der Waals surface area contributed by atoms with Gasteiger partial charge >= 0.3 is 0 Å². The van der Waals surface area contributed by atoms with Gasteiger partial charge in [0.2, 0.25) is 11.7 Å². The fourth-order valence-electron chi connectivity index (χ4n) is 0.742. The van der Waals surface area contributed by atoms with Gasteiger partial charge in [-0.2, -0.15) is 0 Å². The molecule has 0 heterocycles. The summed E-state index contributed by atoms with van der Waals surface area (Å²) < 4.78 is 9.57. The van der Waals surface area contributed by atoms with Crippen LogP contribution in [0.2, 0.25) is 0 Å². The van der Waals surface area contributed by atoms with E-state index in [1.807, 2.05) is 0 Å². The van der Waals surface area contributed by atoms with Gasteiger partial charge in [-0.3, -0.25) is 4.79 Å². The number of rotatable bonds is 5. The Labute approximate surface area is 70.8 Å². The van der Waals surface area contributed by atoms with E-state index in [2.05, 4.69) is 6.58 Å². The van der Waals surface area contributed by atoms with Crippen molar-refractivity contribution in [2.75, 3.05) is 20.8 Å². The summed E-state index contributed by atoms with van der Waals surface area (Å²) in [7, 11) is 2.57. The van der Waals surface area contributed by atoms with Crippen LogP contribution < -0.4 is 5.73 Å². The third kappa shape index (κ3) is 1.82. The highest BCUT2D eigenvalue weighted by Gasteiger charge is 2.35. The van der Waals surface area contributed by atoms with Crippen molar-refractivity contribution in [1.29, 1.82) is 0 Å². The number of aliphatic hydroxyl groups is 1. The largest absolute Gasteiger partial charge is 0.390 e. The first-order chi connectivity index (χ1) is 5.54. The van der Waals surface area contributed by atoms with E-state index in [0.29, 0.717) is 0 Å². The van der Waals surface area contributed by atoms with Gasteiger partial charge in [-0.1, -0.05) is 6.58 Å². The quantitative estimate of drug-likeness (QED) is 0.415. The van der Waals surface area contributed by atoms with Gasteiger partial charge in [0, 0.05) is 14.2 Å². The molecule has 0 atom stereocenters. The van der Waals surface area contributed by atoms with Gasteiger partial charge < -0.3 is 20.3 Å². The molecule has 5 nitrogen and oxygen atoms in total. The van der Waals surface area contributed by atoms with E-state index in [1.165, 1.54) is 14.2 Å². The number of aliphatic hydroxyl groups excluding tert-OH is 1. The molecule has 0 aromatic heterocycles. The summed E-state index contributed by atoms with van der Waals surface area (Å²) in [5.41, 5.74) is 4.82. The third-order valence-electron chi connectivity index (χ3n) is 1.62. The first-order valence-corrected chi connectivity index (χ1v) is 3.24. The van der Waals surface area contributed by atoms with Crippen LogP contribution in [0.15, 0.2) is 12.2 Å². The van der Waals surface area contributed by atoms with Crippen molar-refractivity contribution in [2.45, 2.75) is 5.79 Å². The molecule has 3 N–H and O–H groups in total. The van der Waals surface area contributed by atoms with Gasteiger partial charge in [0.1, 0.15) is 6.61 Å². The number of ether oxygens (including phenoxy) is 2. The molecule has 0 aromatic rings. The Morgan fingerprint density at radius 3 is 2.08 bits per heavy atom. The van der Waals surface area contributed by atoms with Crippen LogP contribution in [0.4, 0.5) is 0 Å². The minimum atomic E-state index is -1.51. The zero-order valence-electron chi connectivity index (χ0n) is 7.16. The molecule has 0 bridgehead atoms. The summed E-state index contributed by atoms with van der Waals surface area (Å²) in [5, 5.41) is 8.88. The Bertz CT molecular complexity index is 178. The number of nitrogens with two attached hydrogens (primary N) is 1. The van der Waals surface area contributed by atoms with E-state index >= 15 is 0 Å². The molecular weight excluding hydrogens is 162 g/mol. The molecule has 0 radical (unpaired) electrons. The van der Waals surface area contributed by atoms with Gasteiger partial charge in [0.15, 0.2) is 0 Å². The van der Waals surface area contributed by atoms with Crippen molar-refractivity contribution < 1.29 is 19.4 Å². The van der Waals surface area contributed by atoms with Gasteiger partial charge in [0.05, 0.1) is 5.57 Å². The van der Waals surface area contributed by atoms with Gasteiger partial charge in [0.25, 0.3) is 0 Å². The second-order valence-electron chi connectivity index (χ2n) is 2.16. The van der Waals surface area contributed by atoms with Crippen molar-refractivity contribution in [3.05, 3.63) is 12.2 Å². The molecule has 0 saturated heterocycles. The topological polar surface area (TPSA) is 81.8 Å². The SMILES string of the molecule is C=C(C(N)=O)C(CO)(OC)OC. The number of methoxy groups -OCH3 is 2. The molecule has 0 fully saturated rings. The van der Waals surface area contributed by atoms with E-state index in [0.717, 1.165) is 0 Å². The Morgan fingerprint density at radius 2 is 2.00 bits per heavy atom. The molecule has 1 amide bonds. The summed E-state index contributed by atoms with van der Waals surface area (Å²) >= 11 is 0. The van der Waals surface area contributed by atoms with E-state index < -0.39 is 18.3 Å². The molecule has 0 spiro atoms. The average molecular weight is 175 g/mol. The van der Waals surface area contributed by atoms with Crippen molar-refractivity contribution in [2.24, 2.45) is 5.73 Å². The average Bonchev–Trinajstić information content (AvgIpc) is 2.08. The molecular formula is C7H13NO4. The summed E-state index contributed by atoms with van der Waals surface area (Å²) in [5.74, 6) is -2.28. The monoisotopic (exact) mass is 175 g/mol. The maximum absolute atomic E-state index is 10.7. The maximum Gasteiger partial charge on any atom is 0.249 e. The third-order valence-corrected chi connectivity index (χ3v) is 1.62. The summed E-state index contributed by atoms with van der Waals surface area (Å²) in [6.45, 7) is 2.84. The van der Waals surface area contributed by atoms with Crippen LogP contribution in [0.3, 0.4) is 0 Å². The number of carbonyl (C=O) groups is 1.